The van der Waals surface area contributed by atoms with Crippen LogP contribution >= 0.6 is 23.4 Å². The van der Waals surface area contributed by atoms with Crippen molar-refractivity contribution in [1.82, 2.24) is 9.55 Å². The van der Waals surface area contributed by atoms with E-state index >= 15 is 0 Å². The van der Waals surface area contributed by atoms with E-state index in [1.165, 1.54) is 17.3 Å². The molecule has 1 saturated carbocycles. The Labute approximate surface area is 236 Å². The van der Waals surface area contributed by atoms with Gasteiger partial charge in [0.05, 0.1) is 29.8 Å². The van der Waals surface area contributed by atoms with Crippen LogP contribution in [-0.4, -0.2) is 28.3 Å². The number of amides is 1. The number of nitrogens with zero attached hydrogens (tertiary/aromatic N) is 2. The summed E-state index contributed by atoms with van der Waals surface area (Å²) in [6.07, 6.45) is 5.01. The van der Waals surface area contributed by atoms with E-state index in [1.54, 1.807) is 35.9 Å². The number of benzene rings is 3. The highest BCUT2D eigenvalue weighted by molar-refractivity contribution is 7.99. The number of ether oxygens (including phenoxy) is 1. The van der Waals surface area contributed by atoms with Crippen LogP contribution in [0.5, 0.6) is 5.75 Å². The average molecular weight is 558 g/mol. The number of halogens is 1. The molecule has 1 amide bonds. The van der Waals surface area contributed by atoms with Gasteiger partial charge in [0.15, 0.2) is 5.16 Å². The Morgan fingerprint density at radius 3 is 2.49 bits per heavy atom. The van der Waals surface area contributed by atoms with Crippen molar-refractivity contribution >= 4 is 35.0 Å². The van der Waals surface area contributed by atoms with Crippen LogP contribution in [0.2, 0.25) is 5.02 Å². The lowest BCUT2D eigenvalue weighted by molar-refractivity contribution is -0.113. The third kappa shape index (κ3) is 4.85. The average Bonchev–Trinajstić information content (AvgIpc) is 3.41. The van der Waals surface area contributed by atoms with Gasteiger partial charge in [0, 0.05) is 21.7 Å². The fourth-order valence-electron chi connectivity index (χ4n) is 5.93. The summed E-state index contributed by atoms with van der Waals surface area (Å²) in [5.74, 6) is 0.607. The van der Waals surface area contributed by atoms with Gasteiger partial charge < -0.3 is 10.1 Å². The van der Waals surface area contributed by atoms with Crippen LogP contribution in [-0.2, 0) is 16.6 Å². The molecule has 4 aromatic rings. The molecule has 0 bridgehead atoms. The summed E-state index contributed by atoms with van der Waals surface area (Å²) in [7, 11) is 1.61. The molecule has 0 atom stereocenters. The van der Waals surface area contributed by atoms with Crippen molar-refractivity contribution in [3.63, 3.8) is 0 Å². The summed E-state index contributed by atoms with van der Waals surface area (Å²) >= 11 is 7.23. The zero-order valence-corrected chi connectivity index (χ0v) is 23.1. The number of thioether (sulfide) groups is 1. The smallest absolute Gasteiger partial charge is 0.263 e. The minimum atomic E-state index is -0.211. The van der Waals surface area contributed by atoms with E-state index in [9.17, 15) is 9.59 Å². The third-order valence-electron chi connectivity index (χ3n) is 7.74. The molecule has 1 spiro atoms. The van der Waals surface area contributed by atoms with Crippen LogP contribution in [0.3, 0.4) is 0 Å². The predicted octanol–water partition coefficient (Wildman–Crippen LogP) is 6.66. The lowest BCUT2D eigenvalue weighted by Gasteiger charge is -2.36. The molecule has 6 nitrogen and oxygen atoms in total. The number of rotatable bonds is 6. The van der Waals surface area contributed by atoms with Crippen LogP contribution in [0.25, 0.3) is 16.9 Å². The molecule has 0 unspecified atom stereocenters. The molecular formula is C31H28ClN3O3S. The van der Waals surface area contributed by atoms with Gasteiger partial charge in [-0.3, -0.25) is 14.2 Å². The van der Waals surface area contributed by atoms with Gasteiger partial charge in [0.2, 0.25) is 5.91 Å². The summed E-state index contributed by atoms with van der Waals surface area (Å²) in [5, 5.41) is 3.98. The Balaban J connectivity index is 1.45. The van der Waals surface area contributed by atoms with Crippen molar-refractivity contribution in [1.29, 1.82) is 0 Å². The maximum atomic E-state index is 14.5. The second-order valence-electron chi connectivity index (χ2n) is 10.1. The number of hydrogen-bond donors (Lipinski definition) is 1. The molecule has 0 saturated heterocycles. The molecule has 1 aromatic heterocycles. The molecule has 6 rings (SSSR count). The first-order valence-electron chi connectivity index (χ1n) is 13.1. The number of anilines is 1. The van der Waals surface area contributed by atoms with Gasteiger partial charge in [-0.1, -0.05) is 60.5 Å². The van der Waals surface area contributed by atoms with E-state index < -0.39 is 0 Å². The topological polar surface area (TPSA) is 73.2 Å². The van der Waals surface area contributed by atoms with Crippen LogP contribution in [0.15, 0.2) is 82.7 Å². The van der Waals surface area contributed by atoms with Gasteiger partial charge in [-0.2, -0.15) is 0 Å². The maximum absolute atomic E-state index is 14.5. The Hall–Kier alpha value is -3.55. The van der Waals surface area contributed by atoms with Crippen molar-refractivity contribution in [3.8, 4) is 22.7 Å². The van der Waals surface area contributed by atoms with Crippen molar-refractivity contribution in [2.45, 2.75) is 42.7 Å². The van der Waals surface area contributed by atoms with Crippen molar-refractivity contribution in [2.24, 2.45) is 0 Å². The molecule has 0 aliphatic heterocycles. The standard InChI is InChI=1S/C31H28ClN3O3S/c1-38-24-14-12-23(13-15-24)35-29(37)27-28(25-7-3-2-6-20(25)18-31(27)16-4-5-17-31)34-30(35)39-19-26(36)33-22-10-8-21(32)9-11-22/h2-3,6-15H,4-5,16-19H2,1H3,(H,33,36). The second-order valence-corrected chi connectivity index (χ2v) is 11.5. The van der Waals surface area contributed by atoms with Crippen molar-refractivity contribution < 1.29 is 9.53 Å². The summed E-state index contributed by atoms with van der Waals surface area (Å²) < 4.78 is 7.02. The lowest BCUT2D eigenvalue weighted by atomic mass is 9.68. The predicted molar refractivity (Wildman–Crippen MR) is 156 cm³/mol. The Bertz CT molecular complexity index is 1590. The van der Waals surface area contributed by atoms with Crippen LogP contribution in [0.1, 0.15) is 36.8 Å². The summed E-state index contributed by atoms with van der Waals surface area (Å²) in [4.78, 5) is 32.5. The molecule has 1 fully saturated rings. The first kappa shape index (κ1) is 25.7. The minimum Gasteiger partial charge on any atom is -0.497 e. The number of carbonyl (C=O) groups is 1. The Kier molecular flexibility index (Phi) is 6.95. The second kappa shape index (κ2) is 10.5. The van der Waals surface area contributed by atoms with Crippen molar-refractivity contribution in [3.05, 3.63) is 99.3 Å². The quantitative estimate of drug-likeness (QED) is 0.212. The van der Waals surface area contributed by atoms with Gasteiger partial charge in [-0.05, 0) is 73.4 Å². The zero-order valence-electron chi connectivity index (χ0n) is 21.6. The minimum absolute atomic E-state index is 0.0535. The number of aromatic nitrogens is 2. The molecule has 2 aliphatic rings. The summed E-state index contributed by atoms with van der Waals surface area (Å²) in [5.41, 5.74) is 4.91. The van der Waals surface area contributed by atoms with Gasteiger partial charge >= 0.3 is 0 Å². The largest absolute Gasteiger partial charge is 0.497 e. The van der Waals surface area contributed by atoms with E-state index in [-0.39, 0.29) is 22.6 Å². The highest BCUT2D eigenvalue weighted by atomic mass is 35.5. The Morgan fingerprint density at radius 1 is 1.05 bits per heavy atom. The molecular weight excluding hydrogens is 530 g/mol. The van der Waals surface area contributed by atoms with Crippen LogP contribution in [0, 0.1) is 0 Å². The van der Waals surface area contributed by atoms with Gasteiger partial charge in [0.25, 0.3) is 5.56 Å². The molecule has 0 radical (unpaired) electrons. The highest BCUT2D eigenvalue weighted by Gasteiger charge is 2.44. The monoisotopic (exact) mass is 557 g/mol. The van der Waals surface area contributed by atoms with Gasteiger partial charge in [0.1, 0.15) is 5.75 Å². The van der Waals surface area contributed by atoms with E-state index in [1.807, 2.05) is 30.3 Å². The molecule has 1 N–H and O–H groups in total. The summed E-state index contributed by atoms with van der Waals surface area (Å²) in [6.45, 7) is 0. The molecule has 2 aliphatic carbocycles. The number of hydrogen-bond acceptors (Lipinski definition) is 5. The summed E-state index contributed by atoms with van der Waals surface area (Å²) in [6, 6.07) is 22.6. The number of carbonyl (C=O) groups excluding carboxylic acids is 1. The molecule has 3 aromatic carbocycles. The van der Waals surface area contributed by atoms with E-state index in [2.05, 4.69) is 23.5 Å². The number of nitrogens with one attached hydrogen (secondary N) is 1. The zero-order chi connectivity index (χ0) is 27.0. The normalized spacial score (nSPS) is 15.0. The van der Waals surface area contributed by atoms with E-state index in [4.69, 9.17) is 21.3 Å². The Morgan fingerprint density at radius 2 is 1.77 bits per heavy atom. The SMILES string of the molecule is COc1ccc(-n2c(SCC(=O)Nc3ccc(Cl)cc3)nc3c(c2=O)C2(CCCC2)Cc2ccccc2-3)cc1. The van der Waals surface area contributed by atoms with Gasteiger partial charge in [-0.15, -0.1) is 0 Å². The van der Waals surface area contributed by atoms with E-state index in [0.717, 1.165) is 48.9 Å². The number of fused-ring (bicyclic) bond motifs is 4. The molecule has 1 heterocycles. The lowest BCUT2D eigenvalue weighted by Crippen LogP contribution is -2.40. The maximum Gasteiger partial charge on any atom is 0.263 e. The third-order valence-corrected chi connectivity index (χ3v) is 8.93. The first-order chi connectivity index (χ1) is 19.0. The first-order valence-corrected chi connectivity index (χ1v) is 14.4. The highest BCUT2D eigenvalue weighted by Crippen LogP contribution is 2.50. The molecule has 8 heteroatoms. The fraction of sp³-hybridized carbons (Fsp3) is 0.258. The fourth-order valence-corrected chi connectivity index (χ4v) is 6.86. The van der Waals surface area contributed by atoms with Crippen molar-refractivity contribution in [2.75, 3.05) is 18.2 Å². The molecule has 39 heavy (non-hydrogen) atoms. The van der Waals surface area contributed by atoms with Gasteiger partial charge in [-0.25, -0.2) is 4.98 Å². The van der Waals surface area contributed by atoms with Crippen LogP contribution < -0.4 is 15.6 Å². The van der Waals surface area contributed by atoms with Crippen LogP contribution in [0.4, 0.5) is 5.69 Å². The molecule has 198 valence electrons. The number of methoxy groups -OCH3 is 1. The van der Waals surface area contributed by atoms with E-state index in [0.29, 0.717) is 27.3 Å².